The van der Waals surface area contributed by atoms with E-state index >= 15 is 0 Å². The van der Waals surface area contributed by atoms with E-state index in [2.05, 4.69) is 5.32 Å². The number of hydrogen-bond donors (Lipinski definition) is 1. The summed E-state index contributed by atoms with van der Waals surface area (Å²) in [5.74, 6) is -1.11. The molecule has 1 N–H and O–H groups in total. The molecule has 1 aliphatic rings. The van der Waals surface area contributed by atoms with Gasteiger partial charge in [0.05, 0.1) is 10.5 Å². The van der Waals surface area contributed by atoms with Crippen LogP contribution >= 0.6 is 0 Å². The number of hydrogen-bond acceptors (Lipinski definition) is 3. The van der Waals surface area contributed by atoms with Crippen LogP contribution in [0.25, 0.3) is 0 Å². The standard InChI is InChI=1S/C17H16FNO3S/c1-23(21,22)13-6-7-16(18)15(9-13)17(20)19-10-12-8-11-4-2-3-5-14(11)12/h2-7,9,12H,8,10H2,1H3,(H,19,20)/t12-/m1/s1. The van der Waals surface area contributed by atoms with Gasteiger partial charge in [-0.3, -0.25) is 4.79 Å². The van der Waals surface area contributed by atoms with Gasteiger partial charge in [-0.25, -0.2) is 12.8 Å². The van der Waals surface area contributed by atoms with Crippen molar-refractivity contribution in [1.29, 1.82) is 0 Å². The van der Waals surface area contributed by atoms with Crippen LogP contribution in [-0.2, 0) is 16.3 Å². The molecule has 0 radical (unpaired) electrons. The molecule has 0 fully saturated rings. The number of amides is 1. The lowest BCUT2D eigenvalue weighted by Gasteiger charge is -2.30. The maximum Gasteiger partial charge on any atom is 0.254 e. The minimum atomic E-state index is -3.49. The Balaban J connectivity index is 1.72. The van der Waals surface area contributed by atoms with Crippen molar-refractivity contribution < 1.29 is 17.6 Å². The van der Waals surface area contributed by atoms with Crippen LogP contribution in [0.2, 0.25) is 0 Å². The van der Waals surface area contributed by atoms with Crippen molar-refractivity contribution in [3.8, 4) is 0 Å². The van der Waals surface area contributed by atoms with Crippen molar-refractivity contribution in [3.05, 3.63) is 65.0 Å². The molecule has 120 valence electrons. The largest absolute Gasteiger partial charge is 0.351 e. The molecular weight excluding hydrogens is 317 g/mol. The van der Waals surface area contributed by atoms with Crippen molar-refractivity contribution in [2.45, 2.75) is 17.2 Å². The molecule has 0 bridgehead atoms. The Hall–Kier alpha value is -2.21. The van der Waals surface area contributed by atoms with Crippen molar-refractivity contribution >= 4 is 15.7 Å². The maximum absolute atomic E-state index is 13.8. The number of carbonyl (C=O) groups is 1. The highest BCUT2D eigenvalue weighted by atomic mass is 32.2. The Labute approximate surface area is 134 Å². The van der Waals surface area contributed by atoms with Crippen molar-refractivity contribution in [2.24, 2.45) is 0 Å². The molecule has 0 heterocycles. The van der Waals surface area contributed by atoms with Gasteiger partial charge >= 0.3 is 0 Å². The van der Waals surface area contributed by atoms with Crippen LogP contribution in [0, 0.1) is 5.82 Å². The van der Waals surface area contributed by atoms with Crippen molar-refractivity contribution in [3.63, 3.8) is 0 Å². The zero-order valence-electron chi connectivity index (χ0n) is 12.5. The lowest BCUT2D eigenvalue weighted by Crippen LogP contribution is -2.33. The molecule has 4 nitrogen and oxygen atoms in total. The molecular formula is C17H16FNO3S. The quantitative estimate of drug-likeness (QED) is 0.873. The van der Waals surface area contributed by atoms with Crippen molar-refractivity contribution in [2.75, 3.05) is 12.8 Å². The molecule has 0 unspecified atom stereocenters. The first kappa shape index (κ1) is 15.7. The second kappa shape index (κ2) is 5.77. The predicted octanol–water partition coefficient (Wildman–Crippen LogP) is 2.30. The summed E-state index contributed by atoms with van der Waals surface area (Å²) < 4.78 is 36.9. The van der Waals surface area contributed by atoms with Crippen LogP contribution in [-0.4, -0.2) is 27.1 Å². The monoisotopic (exact) mass is 333 g/mol. The highest BCUT2D eigenvalue weighted by molar-refractivity contribution is 7.90. The zero-order chi connectivity index (χ0) is 16.6. The van der Waals surface area contributed by atoms with E-state index < -0.39 is 21.6 Å². The lowest BCUT2D eigenvalue weighted by molar-refractivity contribution is 0.0946. The Bertz CT molecular complexity index is 877. The molecule has 6 heteroatoms. The van der Waals surface area contributed by atoms with Crippen LogP contribution in [0.4, 0.5) is 4.39 Å². The highest BCUT2D eigenvalue weighted by Gasteiger charge is 2.26. The Morgan fingerprint density at radius 2 is 2.00 bits per heavy atom. The van der Waals surface area contributed by atoms with Crippen LogP contribution in [0.5, 0.6) is 0 Å². The SMILES string of the molecule is CS(=O)(=O)c1ccc(F)c(C(=O)NC[C@H]2Cc3ccccc32)c1. The molecule has 3 rings (SSSR count). The average Bonchev–Trinajstić information content (AvgIpc) is 2.47. The Morgan fingerprint density at radius 3 is 2.70 bits per heavy atom. The summed E-state index contributed by atoms with van der Waals surface area (Å²) in [5, 5.41) is 2.69. The van der Waals surface area contributed by atoms with Gasteiger partial charge in [0.25, 0.3) is 5.91 Å². The van der Waals surface area contributed by atoms with E-state index in [0.29, 0.717) is 6.54 Å². The number of benzene rings is 2. The van der Waals surface area contributed by atoms with E-state index in [9.17, 15) is 17.6 Å². The minimum Gasteiger partial charge on any atom is -0.351 e. The van der Waals surface area contributed by atoms with Gasteiger partial charge in [0.2, 0.25) is 0 Å². The third-order valence-corrected chi connectivity index (χ3v) is 5.19. The molecule has 2 aromatic carbocycles. The number of nitrogens with one attached hydrogen (secondary N) is 1. The Morgan fingerprint density at radius 1 is 1.26 bits per heavy atom. The van der Waals surface area contributed by atoms with Crippen molar-refractivity contribution in [1.82, 2.24) is 5.32 Å². The van der Waals surface area contributed by atoms with Gasteiger partial charge < -0.3 is 5.32 Å². The highest BCUT2D eigenvalue weighted by Crippen LogP contribution is 2.34. The molecule has 1 amide bonds. The topological polar surface area (TPSA) is 63.2 Å². The number of halogens is 1. The summed E-state index contributed by atoms with van der Waals surface area (Å²) in [6.07, 6.45) is 1.90. The van der Waals surface area contributed by atoms with Gasteiger partial charge in [0.1, 0.15) is 5.82 Å². The van der Waals surface area contributed by atoms with E-state index in [1.165, 1.54) is 11.1 Å². The first-order valence-corrected chi connectivity index (χ1v) is 9.11. The number of rotatable bonds is 4. The molecule has 0 spiro atoms. The fourth-order valence-corrected chi connectivity index (χ4v) is 3.41. The first-order valence-electron chi connectivity index (χ1n) is 7.22. The van der Waals surface area contributed by atoms with E-state index in [0.717, 1.165) is 30.9 Å². The van der Waals surface area contributed by atoms with Crippen LogP contribution in [0.3, 0.4) is 0 Å². The van der Waals surface area contributed by atoms with Gasteiger partial charge in [0, 0.05) is 18.7 Å². The number of fused-ring (bicyclic) bond motifs is 1. The van der Waals surface area contributed by atoms with Gasteiger partial charge in [-0.15, -0.1) is 0 Å². The molecule has 0 aromatic heterocycles. The molecule has 1 atom stereocenters. The van der Waals surface area contributed by atoms with Crippen LogP contribution < -0.4 is 5.32 Å². The first-order chi connectivity index (χ1) is 10.9. The maximum atomic E-state index is 13.8. The predicted molar refractivity (Wildman–Crippen MR) is 84.7 cm³/mol. The minimum absolute atomic E-state index is 0.0713. The normalized spacial score (nSPS) is 16.3. The fourth-order valence-electron chi connectivity index (χ4n) is 2.76. The molecule has 0 saturated carbocycles. The van der Waals surface area contributed by atoms with Gasteiger partial charge in [0.15, 0.2) is 9.84 Å². The van der Waals surface area contributed by atoms with Gasteiger partial charge in [-0.1, -0.05) is 24.3 Å². The molecule has 0 aliphatic heterocycles. The molecule has 2 aromatic rings. The summed E-state index contributed by atoms with van der Waals surface area (Å²) in [7, 11) is -3.49. The zero-order valence-corrected chi connectivity index (χ0v) is 13.4. The van der Waals surface area contributed by atoms with E-state index in [1.807, 2.05) is 24.3 Å². The third-order valence-electron chi connectivity index (χ3n) is 4.08. The number of carbonyl (C=O) groups excluding carboxylic acids is 1. The molecule has 23 heavy (non-hydrogen) atoms. The van der Waals surface area contributed by atoms with E-state index in [1.54, 1.807) is 0 Å². The van der Waals surface area contributed by atoms with E-state index in [4.69, 9.17) is 0 Å². The molecule has 0 saturated heterocycles. The summed E-state index contributed by atoms with van der Waals surface area (Å²) in [5.41, 5.74) is 2.20. The second-order valence-corrected chi connectivity index (χ2v) is 7.74. The fraction of sp³-hybridized carbons (Fsp3) is 0.235. The summed E-state index contributed by atoms with van der Waals surface area (Å²) in [6.45, 7) is 0.401. The summed E-state index contributed by atoms with van der Waals surface area (Å²) in [4.78, 5) is 12.1. The second-order valence-electron chi connectivity index (χ2n) is 5.72. The van der Waals surface area contributed by atoms with Crippen LogP contribution in [0.15, 0.2) is 47.4 Å². The summed E-state index contributed by atoms with van der Waals surface area (Å²) >= 11 is 0. The van der Waals surface area contributed by atoms with Crippen LogP contribution in [0.1, 0.15) is 27.4 Å². The average molecular weight is 333 g/mol. The summed E-state index contributed by atoms with van der Waals surface area (Å²) in [6, 6.07) is 11.2. The van der Waals surface area contributed by atoms with Gasteiger partial charge in [-0.2, -0.15) is 0 Å². The lowest BCUT2D eigenvalue weighted by atomic mass is 9.77. The van der Waals surface area contributed by atoms with Gasteiger partial charge in [-0.05, 0) is 35.7 Å². The Kier molecular flexibility index (Phi) is 3.93. The van der Waals surface area contributed by atoms with E-state index in [-0.39, 0.29) is 16.4 Å². The molecule has 1 aliphatic carbocycles. The number of sulfone groups is 1. The third kappa shape index (κ3) is 3.12. The smallest absolute Gasteiger partial charge is 0.254 e.